The Morgan fingerprint density at radius 3 is 2.47 bits per heavy atom. The molecule has 0 aliphatic rings. The standard InChI is InChI=1S/C13H16N2O2/c1-10-9-11(15-14-10)7-8-17-13-5-3-12(16-2)4-6-13/h3-6,9H,7-8H2,1-2H3,(H,14,15). The van der Waals surface area contributed by atoms with Gasteiger partial charge in [0.05, 0.1) is 19.4 Å². The molecule has 1 N–H and O–H groups in total. The third-order valence-electron chi connectivity index (χ3n) is 2.45. The number of aromatic amines is 1. The number of H-pyrrole nitrogens is 1. The van der Waals surface area contributed by atoms with E-state index in [4.69, 9.17) is 9.47 Å². The molecule has 0 amide bonds. The van der Waals surface area contributed by atoms with Crippen molar-refractivity contribution in [3.63, 3.8) is 0 Å². The van der Waals surface area contributed by atoms with E-state index in [1.165, 1.54) is 0 Å². The summed E-state index contributed by atoms with van der Waals surface area (Å²) < 4.78 is 10.7. The quantitative estimate of drug-likeness (QED) is 0.860. The van der Waals surface area contributed by atoms with Crippen molar-refractivity contribution in [3.05, 3.63) is 41.7 Å². The van der Waals surface area contributed by atoms with E-state index in [9.17, 15) is 0 Å². The lowest BCUT2D eigenvalue weighted by atomic mass is 10.3. The summed E-state index contributed by atoms with van der Waals surface area (Å²) in [5.41, 5.74) is 2.10. The maximum Gasteiger partial charge on any atom is 0.119 e. The van der Waals surface area contributed by atoms with Crippen LogP contribution in [0, 0.1) is 6.92 Å². The molecule has 0 unspecified atom stereocenters. The van der Waals surface area contributed by atoms with E-state index in [1.807, 2.05) is 37.3 Å². The highest BCUT2D eigenvalue weighted by Crippen LogP contribution is 2.17. The summed E-state index contributed by atoms with van der Waals surface area (Å²) in [6, 6.07) is 9.59. The fraction of sp³-hybridized carbons (Fsp3) is 0.308. The molecule has 0 aliphatic heterocycles. The first kappa shape index (κ1) is 11.5. The molecule has 2 rings (SSSR count). The zero-order valence-electron chi connectivity index (χ0n) is 10.1. The van der Waals surface area contributed by atoms with Gasteiger partial charge in [-0.2, -0.15) is 5.10 Å². The fourth-order valence-corrected chi connectivity index (χ4v) is 1.55. The van der Waals surface area contributed by atoms with Crippen LogP contribution in [0.1, 0.15) is 11.4 Å². The molecule has 17 heavy (non-hydrogen) atoms. The van der Waals surface area contributed by atoms with Gasteiger partial charge in [-0.1, -0.05) is 0 Å². The third kappa shape index (κ3) is 3.24. The summed E-state index contributed by atoms with van der Waals surface area (Å²) in [5, 5.41) is 7.06. The number of nitrogens with zero attached hydrogens (tertiary/aromatic N) is 1. The summed E-state index contributed by atoms with van der Waals surface area (Å²) in [5.74, 6) is 1.68. The highest BCUT2D eigenvalue weighted by Gasteiger charge is 1.99. The molecule has 2 aromatic rings. The number of aromatic nitrogens is 2. The predicted molar refractivity (Wildman–Crippen MR) is 65.5 cm³/mol. The van der Waals surface area contributed by atoms with E-state index in [2.05, 4.69) is 10.2 Å². The first-order valence-electron chi connectivity index (χ1n) is 5.55. The van der Waals surface area contributed by atoms with Gasteiger partial charge in [0.25, 0.3) is 0 Å². The largest absolute Gasteiger partial charge is 0.497 e. The van der Waals surface area contributed by atoms with E-state index in [0.29, 0.717) is 6.61 Å². The summed E-state index contributed by atoms with van der Waals surface area (Å²) in [6.45, 7) is 2.61. The number of hydrogen-bond acceptors (Lipinski definition) is 3. The molecule has 0 aliphatic carbocycles. The predicted octanol–water partition coefficient (Wildman–Crippen LogP) is 2.35. The Balaban J connectivity index is 1.81. The van der Waals surface area contributed by atoms with Gasteiger partial charge in [0.2, 0.25) is 0 Å². The molecule has 0 bridgehead atoms. The number of ether oxygens (including phenoxy) is 2. The van der Waals surface area contributed by atoms with Crippen LogP contribution in [0.3, 0.4) is 0 Å². The van der Waals surface area contributed by atoms with E-state index in [1.54, 1.807) is 7.11 Å². The van der Waals surface area contributed by atoms with Gasteiger partial charge in [-0.05, 0) is 37.3 Å². The molecule has 90 valence electrons. The number of hydrogen-bond donors (Lipinski definition) is 1. The van der Waals surface area contributed by atoms with Crippen LogP contribution >= 0.6 is 0 Å². The summed E-state index contributed by atoms with van der Waals surface area (Å²) in [6.07, 6.45) is 0.802. The average molecular weight is 232 g/mol. The number of nitrogens with one attached hydrogen (secondary N) is 1. The van der Waals surface area contributed by atoms with Gasteiger partial charge in [-0.3, -0.25) is 5.10 Å². The Labute approximate surface area is 101 Å². The Hall–Kier alpha value is -1.97. The van der Waals surface area contributed by atoms with Gasteiger partial charge in [-0.15, -0.1) is 0 Å². The molecule has 0 atom stereocenters. The number of aryl methyl sites for hydroxylation is 1. The highest BCUT2D eigenvalue weighted by molar-refractivity contribution is 5.31. The van der Waals surface area contributed by atoms with Crippen LogP contribution < -0.4 is 9.47 Å². The van der Waals surface area contributed by atoms with E-state index < -0.39 is 0 Å². The second-order valence-electron chi connectivity index (χ2n) is 3.82. The third-order valence-corrected chi connectivity index (χ3v) is 2.45. The van der Waals surface area contributed by atoms with Crippen LogP contribution in [0.15, 0.2) is 30.3 Å². The summed E-state index contributed by atoms with van der Waals surface area (Å²) >= 11 is 0. The van der Waals surface area contributed by atoms with Gasteiger partial charge in [0.15, 0.2) is 0 Å². The summed E-state index contributed by atoms with van der Waals surface area (Å²) in [4.78, 5) is 0. The SMILES string of the molecule is COc1ccc(OCCc2cc(C)[nH]n2)cc1. The smallest absolute Gasteiger partial charge is 0.119 e. The molecule has 1 aromatic carbocycles. The number of methoxy groups -OCH3 is 1. The Kier molecular flexibility index (Phi) is 3.65. The van der Waals surface area contributed by atoms with Gasteiger partial charge >= 0.3 is 0 Å². The molecule has 0 saturated heterocycles. The molecule has 0 spiro atoms. The zero-order chi connectivity index (χ0) is 12.1. The van der Waals surface area contributed by atoms with Crippen molar-refractivity contribution in [1.82, 2.24) is 10.2 Å². The van der Waals surface area contributed by atoms with E-state index >= 15 is 0 Å². The van der Waals surface area contributed by atoms with Crippen molar-refractivity contribution >= 4 is 0 Å². The molecular formula is C13H16N2O2. The van der Waals surface area contributed by atoms with Gasteiger partial charge in [0.1, 0.15) is 11.5 Å². The number of benzene rings is 1. The minimum atomic E-state index is 0.622. The van der Waals surface area contributed by atoms with Gasteiger partial charge in [-0.25, -0.2) is 0 Å². The van der Waals surface area contributed by atoms with Crippen LogP contribution in [0.4, 0.5) is 0 Å². The van der Waals surface area contributed by atoms with Crippen molar-refractivity contribution in [1.29, 1.82) is 0 Å². The lowest BCUT2D eigenvalue weighted by molar-refractivity contribution is 0.319. The molecular weight excluding hydrogens is 216 g/mol. The maximum absolute atomic E-state index is 5.61. The van der Waals surface area contributed by atoms with Crippen LogP contribution in [0.25, 0.3) is 0 Å². The van der Waals surface area contributed by atoms with Gasteiger partial charge < -0.3 is 9.47 Å². The molecule has 1 heterocycles. The normalized spacial score (nSPS) is 10.2. The van der Waals surface area contributed by atoms with Crippen molar-refractivity contribution in [2.75, 3.05) is 13.7 Å². The molecule has 0 fully saturated rings. The molecule has 1 aromatic heterocycles. The van der Waals surface area contributed by atoms with Crippen molar-refractivity contribution in [2.24, 2.45) is 0 Å². The van der Waals surface area contributed by atoms with Crippen molar-refractivity contribution < 1.29 is 9.47 Å². The Bertz CT molecular complexity index is 463. The van der Waals surface area contributed by atoms with Crippen LogP contribution in [0.2, 0.25) is 0 Å². The van der Waals surface area contributed by atoms with Crippen molar-refractivity contribution in [2.45, 2.75) is 13.3 Å². The second-order valence-corrected chi connectivity index (χ2v) is 3.82. The van der Waals surface area contributed by atoms with E-state index in [0.717, 1.165) is 29.3 Å². The van der Waals surface area contributed by atoms with Crippen molar-refractivity contribution in [3.8, 4) is 11.5 Å². The van der Waals surface area contributed by atoms with Crippen LogP contribution in [-0.4, -0.2) is 23.9 Å². The monoisotopic (exact) mass is 232 g/mol. The maximum atomic E-state index is 5.61. The fourth-order valence-electron chi connectivity index (χ4n) is 1.55. The van der Waals surface area contributed by atoms with Crippen LogP contribution in [0.5, 0.6) is 11.5 Å². The minimum absolute atomic E-state index is 0.622. The Morgan fingerprint density at radius 2 is 1.88 bits per heavy atom. The summed E-state index contributed by atoms with van der Waals surface area (Å²) in [7, 11) is 1.65. The lowest BCUT2D eigenvalue weighted by Crippen LogP contribution is -2.01. The lowest BCUT2D eigenvalue weighted by Gasteiger charge is -2.05. The topological polar surface area (TPSA) is 47.1 Å². The van der Waals surface area contributed by atoms with Crippen LogP contribution in [-0.2, 0) is 6.42 Å². The molecule has 4 heteroatoms. The first-order valence-corrected chi connectivity index (χ1v) is 5.55. The minimum Gasteiger partial charge on any atom is -0.497 e. The average Bonchev–Trinajstić information content (AvgIpc) is 2.76. The Morgan fingerprint density at radius 1 is 1.18 bits per heavy atom. The molecule has 0 saturated carbocycles. The zero-order valence-corrected chi connectivity index (χ0v) is 10.1. The number of rotatable bonds is 5. The second kappa shape index (κ2) is 5.39. The molecule has 0 radical (unpaired) electrons. The highest BCUT2D eigenvalue weighted by atomic mass is 16.5. The first-order chi connectivity index (χ1) is 8.28. The van der Waals surface area contributed by atoms with Gasteiger partial charge in [0, 0.05) is 12.1 Å². The van der Waals surface area contributed by atoms with E-state index in [-0.39, 0.29) is 0 Å². The molecule has 4 nitrogen and oxygen atoms in total.